The molecule has 0 radical (unpaired) electrons. The molecule has 2 heterocycles. The van der Waals surface area contributed by atoms with Crippen LogP contribution < -0.4 is 0 Å². The molecule has 19 heavy (non-hydrogen) atoms. The maximum absolute atomic E-state index is 6.01. The third-order valence-corrected chi connectivity index (χ3v) is 4.25. The minimum Gasteiger partial charge on any atom is -0.312 e. The average molecular weight is 301 g/mol. The van der Waals surface area contributed by atoms with Crippen molar-refractivity contribution in [2.45, 2.75) is 38.6 Å². The number of halogens is 1. The average Bonchev–Trinajstić information content (AvgIpc) is 2.89. The Morgan fingerprint density at radius 1 is 1.26 bits per heavy atom. The van der Waals surface area contributed by atoms with Crippen LogP contribution in [0.5, 0.6) is 0 Å². The highest BCUT2D eigenvalue weighted by molar-refractivity contribution is 7.98. The lowest BCUT2D eigenvalue weighted by Gasteiger charge is -2.08. The van der Waals surface area contributed by atoms with Crippen LogP contribution in [-0.4, -0.2) is 31.3 Å². The van der Waals surface area contributed by atoms with Gasteiger partial charge in [0.2, 0.25) is 0 Å². The number of aryl methyl sites for hydroxylation is 3. The van der Waals surface area contributed by atoms with E-state index in [0.717, 1.165) is 29.2 Å². The fourth-order valence-corrected chi connectivity index (χ4v) is 3.11. The first-order valence-electron chi connectivity index (χ1n) is 6.62. The van der Waals surface area contributed by atoms with Gasteiger partial charge in [0.1, 0.15) is 11.3 Å². The molecule has 0 unspecified atom stereocenters. The second-order valence-corrected chi connectivity index (χ2v) is 6.00. The molecule has 0 saturated carbocycles. The third-order valence-electron chi connectivity index (χ3n) is 3.32. The largest absolute Gasteiger partial charge is 0.312 e. The number of fused-ring (bicyclic) bond motifs is 1. The second kappa shape index (κ2) is 6.66. The summed E-state index contributed by atoms with van der Waals surface area (Å²) in [5.74, 6) is 2.66. The molecule has 4 nitrogen and oxygen atoms in total. The lowest BCUT2D eigenvalue weighted by Crippen LogP contribution is -2.06. The summed E-state index contributed by atoms with van der Waals surface area (Å²) in [5, 5.41) is 4.43. The van der Waals surface area contributed by atoms with Crippen molar-refractivity contribution >= 4 is 34.5 Å². The van der Waals surface area contributed by atoms with E-state index < -0.39 is 0 Å². The molecule has 2 aromatic rings. The Balaban J connectivity index is 2.15. The van der Waals surface area contributed by atoms with Crippen molar-refractivity contribution in [1.82, 2.24) is 19.3 Å². The lowest BCUT2D eigenvalue weighted by atomic mass is 10.2. The van der Waals surface area contributed by atoms with Crippen LogP contribution in [0.25, 0.3) is 11.2 Å². The summed E-state index contributed by atoms with van der Waals surface area (Å²) in [6.07, 6.45) is 5.85. The number of rotatable bonds is 7. The zero-order chi connectivity index (χ0) is 13.8. The highest BCUT2D eigenvalue weighted by Gasteiger charge is 2.16. The molecule has 0 bridgehead atoms. The Kier molecular flexibility index (Phi) is 5.16. The molecule has 0 N–H and O–H groups in total. The molecule has 106 valence electrons. The number of aromatic nitrogens is 4. The Labute approximate surface area is 123 Å². The van der Waals surface area contributed by atoms with Gasteiger partial charge in [0.05, 0.1) is 11.6 Å². The van der Waals surface area contributed by atoms with Crippen LogP contribution in [-0.2, 0) is 19.5 Å². The first-order valence-corrected chi connectivity index (χ1v) is 8.55. The van der Waals surface area contributed by atoms with E-state index in [9.17, 15) is 0 Å². The third kappa shape index (κ3) is 3.08. The topological polar surface area (TPSA) is 35.6 Å². The fourth-order valence-electron chi connectivity index (χ4n) is 2.41. The van der Waals surface area contributed by atoms with E-state index in [-0.39, 0.29) is 0 Å². The molecule has 0 spiro atoms. The number of hydrogen-bond acceptors (Lipinski definition) is 3. The van der Waals surface area contributed by atoms with E-state index in [2.05, 4.69) is 20.9 Å². The zero-order valence-electron chi connectivity index (χ0n) is 11.8. The maximum Gasteiger partial charge on any atom is 0.158 e. The summed E-state index contributed by atoms with van der Waals surface area (Å²) in [6, 6.07) is 0. The number of nitrogens with zero attached hydrogens (tertiary/aromatic N) is 4. The van der Waals surface area contributed by atoms with Crippen molar-refractivity contribution in [3.05, 3.63) is 11.5 Å². The summed E-state index contributed by atoms with van der Waals surface area (Å²) in [6.45, 7) is 2.97. The molecule has 2 aromatic heterocycles. The monoisotopic (exact) mass is 300 g/mol. The second-order valence-electron chi connectivity index (χ2n) is 4.75. The SMILES string of the molecule is CSCCCCCn1c(CCl)nc2c(C)nn(C)c21. The van der Waals surface area contributed by atoms with Gasteiger partial charge in [-0.15, -0.1) is 11.6 Å². The van der Waals surface area contributed by atoms with Crippen LogP contribution in [0.3, 0.4) is 0 Å². The van der Waals surface area contributed by atoms with Crippen molar-refractivity contribution in [1.29, 1.82) is 0 Å². The van der Waals surface area contributed by atoms with Gasteiger partial charge in [-0.25, -0.2) is 4.98 Å². The number of unbranched alkanes of at least 4 members (excludes halogenated alkanes) is 2. The van der Waals surface area contributed by atoms with Gasteiger partial charge in [-0.05, 0) is 31.8 Å². The molecule has 0 aliphatic heterocycles. The van der Waals surface area contributed by atoms with Crippen LogP contribution in [0.2, 0.25) is 0 Å². The normalized spacial score (nSPS) is 11.6. The van der Waals surface area contributed by atoms with Crippen LogP contribution in [0, 0.1) is 6.92 Å². The summed E-state index contributed by atoms with van der Waals surface area (Å²) in [4.78, 5) is 4.61. The molecule has 0 aliphatic carbocycles. The first kappa shape index (κ1) is 14.7. The van der Waals surface area contributed by atoms with E-state index in [1.165, 1.54) is 25.0 Å². The van der Waals surface area contributed by atoms with Gasteiger partial charge in [0.15, 0.2) is 5.65 Å². The van der Waals surface area contributed by atoms with Gasteiger partial charge in [-0.2, -0.15) is 16.9 Å². The standard InChI is InChI=1S/C13H21ClN4S/c1-10-12-13(17(2)16-10)18(11(9-14)15-12)7-5-4-6-8-19-3/h4-9H2,1-3H3. The summed E-state index contributed by atoms with van der Waals surface area (Å²) < 4.78 is 4.14. The van der Waals surface area contributed by atoms with Crippen LogP contribution in [0.15, 0.2) is 0 Å². The van der Waals surface area contributed by atoms with Crippen LogP contribution in [0.4, 0.5) is 0 Å². The van der Waals surface area contributed by atoms with Gasteiger partial charge < -0.3 is 4.57 Å². The van der Waals surface area contributed by atoms with Gasteiger partial charge in [-0.3, -0.25) is 4.68 Å². The lowest BCUT2D eigenvalue weighted by molar-refractivity contribution is 0.587. The van der Waals surface area contributed by atoms with Gasteiger partial charge in [-0.1, -0.05) is 6.42 Å². The molecule has 0 fully saturated rings. The van der Waals surface area contributed by atoms with E-state index in [1.807, 2.05) is 30.4 Å². The fraction of sp³-hybridized carbons (Fsp3) is 0.692. The maximum atomic E-state index is 6.01. The minimum atomic E-state index is 0.457. The van der Waals surface area contributed by atoms with E-state index in [1.54, 1.807) is 0 Å². The Morgan fingerprint density at radius 3 is 2.74 bits per heavy atom. The van der Waals surface area contributed by atoms with Gasteiger partial charge >= 0.3 is 0 Å². The highest BCUT2D eigenvalue weighted by Crippen LogP contribution is 2.21. The Hall–Kier alpha value is -0.680. The number of alkyl halides is 1. The molecule has 2 rings (SSSR count). The van der Waals surface area contributed by atoms with E-state index >= 15 is 0 Å². The van der Waals surface area contributed by atoms with Crippen molar-refractivity contribution in [3.63, 3.8) is 0 Å². The van der Waals surface area contributed by atoms with Crippen molar-refractivity contribution in [3.8, 4) is 0 Å². The van der Waals surface area contributed by atoms with Gasteiger partial charge in [0.25, 0.3) is 0 Å². The number of hydrogen-bond donors (Lipinski definition) is 0. The minimum absolute atomic E-state index is 0.457. The summed E-state index contributed by atoms with van der Waals surface area (Å²) in [7, 11) is 1.97. The Morgan fingerprint density at radius 2 is 2.05 bits per heavy atom. The first-order chi connectivity index (χ1) is 9.19. The summed E-state index contributed by atoms with van der Waals surface area (Å²) in [5.41, 5.74) is 3.06. The molecular formula is C13H21ClN4S. The van der Waals surface area contributed by atoms with Crippen LogP contribution in [0.1, 0.15) is 30.8 Å². The molecule has 0 aliphatic rings. The molecule has 0 amide bonds. The van der Waals surface area contributed by atoms with Crippen molar-refractivity contribution < 1.29 is 0 Å². The summed E-state index contributed by atoms with van der Waals surface area (Å²) >= 11 is 7.92. The molecule has 0 atom stereocenters. The smallest absolute Gasteiger partial charge is 0.158 e. The molecular weight excluding hydrogens is 280 g/mol. The Bertz CT molecular complexity index is 546. The van der Waals surface area contributed by atoms with Gasteiger partial charge in [0, 0.05) is 13.6 Å². The molecule has 0 saturated heterocycles. The van der Waals surface area contributed by atoms with Crippen LogP contribution >= 0.6 is 23.4 Å². The van der Waals surface area contributed by atoms with E-state index in [0.29, 0.717) is 5.88 Å². The number of thioether (sulfide) groups is 1. The highest BCUT2D eigenvalue weighted by atomic mass is 35.5. The number of imidazole rings is 1. The van der Waals surface area contributed by atoms with Crippen molar-refractivity contribution in [2.24, 2.45) is 7.05 Å². The predicted molar refractivity (Wildman–Crippen MR) is 83.0 cm³/mol. The molecule has 0 aromatic carbocycles. The van der Waals surface area contributed by atoms with Crippen molar-refractivity contribution in [2.75, 3.05) is 12.0 Å². The molecule has 6 heteroatoms. The zero-order valence-corrected chi connectivity index (χ0v) is 13.4. The predicted octanol–water partition coefficient (Wildman–Crippen LogP) is 3.35. The van der Waals surface area contributed by atoms with E-state index in [4.69, 9.17) is 11.6 Å². The quantitative estimate of drug-likeness (QED) is 0.581.